The van der Waals surface area contributed by atoms with E-state index in [2.05, 4.69) is 5.32 Å². The quantitative estimate of drug-likeness (QED) is 0.876. The minimum atomic E-state index is -1.17. The molecular weight excluding hydrogens is 316 g/mol. The molecule has 1 unspecified atom stereocenters. The van der Waals surface area contributed by atoms with E-state index in [0.29, 0.717) is 12.8 Å². The van der Waals surface area contributed by atoms with Crippen molar-refractivity contribution in [2.45, 2.75) is 25.4 Å². The number of rotatable bonds is 5. The molecule has 0 aromatic heterocycles. The van der Waals surface area contributed by atoms with Crippen LogP contribution in [-0.4, -0.2) is 30.0 Å². The molecule has 0 fully saturated rings. The molecule has 0 radical (unpaired) electrons. The average molecular weight is 338 g/mol. The SMILES string of the molecule is CC(O)(CNC(=O)CN1C(=O)CCc2ccccc21)c1ccccc1. The van der Waals surface area contributed by atoms with Crippen LogP contribution in [0.1, 0.15) is 24.5 Å². The molecule has 1 aliphatic rings. The van der Waals surface area contributed by atoms with Gasteiger partial charge in [0.05, 0.1) is 6.54 Å². The maximum Gasteiger partial charge on any atom is 0.240 e. The Morgan fingerprint density at radius 2 is 1.80 bits per heavy atom. The van der Waals surface area contributed by atoms with Gasteiger partial charge in [0, 0.05) is 12.1 Å². The Bertz CT molecular complexity index is 772. The second kappa shape index (κ2) is 7.07. The summed E-state index contributed by atoms with van der Waals surface area (Å²) in [6, 6.07) is 16.8. The Kier molecular flexibility index (Phi) is 4.86. The first-order valence-corrected chi connectivity index (χ1v) is 8.40. The van der Waals surface area contributed by atoms with Gasteiger partial charge in [0.15, 0.2) is 0 Å². The third kappa shape index (κ3) is 3.88. The van der Waals surface area contributed by atoms with E-state index in [-0.39, 0.29) is 24.9 Å². The van der Waals surface area contributed by atoms with Crippen LogP contribution in [0.3, 0.4) is 0 Å². The molecule has 1 aliphatic heterocycles. The third-order valence-corrected chi connectivity index (χ3v) is 4.52. The molecule has 2 aromatic rings. The van der Waals surface area contributed by atoms with E-state index in [1.54, 1.807) is 6.92 Å². The Morgan fingerprint density at radius 1 is 1.12 bits per heavy atom. The first-order valence-electron chi connectivity index (χ1n) is 8.40. The summed E-state index contributed by atoms with van der Waals surface area (Å²) >= 11 is 0. The average Bonchev–Trinajstić information content (AvgIpc) is 2.63. The summed E-state index contributed by atoms with van der Waals surface area (Å²) < 4.78 is 0. The molecule has 130 valence electrons. The fraction of sp³-hybridized carbons (Fsp3) is 0.300. The van der Waals surface area contributed by atoms with Crippen LogP contribution in [-0.2, 0) is 21.6 Å². The van der Waals surface area contributed by atoms with E-state index < -0.39 is 5.60 Å². The highest BCUT2D eigenvalue weighted by molar-refractivity contribution is 6.01. The number of nitrogens with one attached hydrogen (secondary N) is 1. The monoisotopic (exact) mass is 338 g/mol. The van der Waals surface area contributed by atoms with Gasteiger partial charge in [0.1, 0.15) is 12.1 Å². The van der Waals surface area contributed by atoms with Gasteiger partial charge >= 0.3 is 0 Å². The minimum absolute atomic E-state index is 0.0410. The van der Waals surface area contributed by atoms with Crippen LogP contribution in [0.5, 0.6) is 0 Å². The number of anilines is 1. The van der Waals surface area contributed by atoms with E-state index >= 15 is 0 Å². The molecule has 2 aromatic carbocycles. The largest absolute Gasteiger partial charge is 0.384 e. The molecule has 2 amide bonds. The lowest BCUT2D eigenvalue weighted by Gasteiger charge is -2.29. The number of carbonyl (C=O) groups excluding carboxylic acids is 2. The standard InChI is InChI=1S/C20H22N2O3/c1-20(25,16-8-3-2-4-9-16)14-21-18(23)13-22-17-10-6-5-7-15(17)11-12-19(22)24/h2-10,25H,11-14H2,1H3,(H,21,23). The van der Waals surface area contributed by atoms with Gasteiger partial charge in [-0.15, -0.1) is 0 Å². The van der Waals surface area contributed by atoms with Crippen LogP contribution in [0.15, 0.2) is 54.6 Å². The van der Waals surface area contributed by atoms with Gasteiger partial charge in [0.2, 0.25) is 11.8 Å². The molecule has 0 bridgehead atoms. The summed E-state index contributed by atoms with van der Waals surface area (Å²) in [7, 11) is 0. The highest BCUT2D eigenvalue weighted by Crippen LogP contribution is 2.27. The Hall–Kier alpha value is -2.66. The van der Waals surface area contributed by atoms with E-state index in [1.807, 2.05) is 54.6 Å². The molecule has 0 spiro atoms. The number of aryl methyl sites for hydroxylation is 1. The summed E-state index contributed by atoms with van der Waals surface area (Å²) in [5.74, 6) is -0.343. The van der Waals surface area contributed by atoms with E-state index in [4.69, 9.17) is 0 Å². The number of amides is 2. The molecule has 25 heavy (non-hydrogen) atoms. The van der Waals surface area contributed by atoms with Crippen molar-refractivity contribution < 1.29 is 14.7 Å². The molecule has 1 atom stereocenters. The van der Waals surface area contributed by atoms with Gasteiger partial charge in [-0.3, -0.25) is 9.59 Å². The van der Waals surface area contributed by atoms with Crippen LogP contribution in [0, 0.1) is 0 Å². The zero-order valence-corrected chi connectivity index (χ0v) is 14.2. The minimum Gasteiger partial charge on any atom is -0.384 e. The highest BCUT2D eigenvalue weighted by Gasteiger charge is 2.27. The van der Waals surface area contributed by atoms with Crippen molar-refractivity contribution in [2.24, 2.45) is 0 Å². The lowest BCUT2D eigenvalue weighted by molar-refractivity contribution is -0.124. The summed E-state index contributed by atoms with van der Waals surface area (Å²) in [5.41, 5.74) is 1.44. The van der Waals surface area contributed by atoms with Crippen molar-refractivity contribution in [3.8, 4) is 0 Å². The van der Waals surface area contributed by atoms with Crippen LogP contribution in [0.4, 0.5) is 5.69 Å². The maximum absolute atomic E-state index is 12.3. The number of hydrogen-bond donors (Lipinski definition) is 2. The zero-order valence-electron chi connectivity index (χ0n) is 14.2. The van der Waals surface area contributed by atoms with Gasteiger partial charge in [-0.05, 0) is 30.5 Å². The van der Waals surface area contributed by atoms with Gasteiger partial charge in [-0.1, -0.05) is 48.5 Å². The number of fused-ring (bicyclic) bond motifs is 1. The van der Waals surface area contributed by atoms with Crippen molar-refractivity contribution in [1.29, 1.82) is 0 Å². The maximum atomic E-state index is 12.3. The van der Waals surface area contributed by atoms with Crippen molar-refractivity contribution in [2.75, 3.05) is 18.0 Å². The fourth-order valence-electron chi connectivity index (χ4n) is 3.04. The normalized spacial score (nSPS) is 16.1. The molecule has 5 nitrogen and oxygen atoms in total. The molecule has 0 aliphatic carbocycles. The lowest BCUT2D eigenvalue weighted by Crippen LogP contribution is -2.46. The third-order valence-electron chi connectivity index (χ3n) is 4.52. The summed E-state index contributed by atoms with van der Waals surface area (Å²) in [6.07, 6.45) is 1.11. The summed E-state index contributed by atoms with van der Waals surface area (Å²) in [4.78, 5) is 26.1. The molecule has 2 N–H and O–H groups in total. The summed E-state index contributed by atoms with van der Waals surface area (Å²) in [5, 5.41) is 13.3. The fourth-order valence-corrected chi connectivity index (χ4v) is 3.04. The zero-order chi connectivity index (χ0) is 17.9. The van der Waals surface area contributed by atoms with Crippen LogP contribution in [0.25, 0.3) is 0 Å². The van der Waals surface area contributed by atoms with Crippen molar-refractivity contribution in [3.63, 3.8) is 0 Å². The highest BCUT2D eigenvalue weighted by atomic mass is 16.3. The number of carbonyl (C=O) groups is 2. The molecule has 0 saturated carbocycles. The molecule has 5 heteroatoms. The first-order chi connectivity index (χ1) is 12.0. The van der Waals surface area contributed by atoms with E-state index in [1.165, 1.54) is 4.90 Å². The Balaban J connectivity index is 1.64. The second-order valence-corrected chi connectivity index (χ2v) is 6.53. The number of hydrogen-bond acceptors (Lipinski definition) is 3. The van der Waals surface area contributed by atoms with Crippen LogP contribution in [0.2, 0.25) is 0 Å². The topological polar surface area (TPSA) is 69.6 Å². The smallest absolute Gasteiger partial charge is 0.240 e. The van der Waals surface area contributed by atoms with Crippen LogP contribution < -0.4 is 10.2 Å². The Morgan fingerprint density at radius 3 is 2.56 bits per heavy atom. The summed E-state index contributed by atoms with van der Waals surface area (Å²) in [6.45, 7) is 1.70. The van der Waals surface area contributed by atoms with Gasteiger partial charge in [-0.2, -0.15) is 0 Å². The van der Waals surface area contributed by atoms with Crippen molar-refractivity contribution in [1.82, 2.24) is 5.32 Å². The lowest BCUT2D eigenvalue weighted by atomic mass is 9.96. The number of para-hydroxylation sites is 1. The number of aliphatic hydroxyl groups is 1. The Labute approximate surface area is 147 Å². The van der Waals surface area contributed by atoms with Gasteiger partial charge < -0.3 is 15.3 Å². The van der Waals surface area contributed by atoms with Crippen molar-refractivity contribution >= 4 is 17.5 Å². The predicted octanol–water partition coefficient (Wildman–Crippen LogP) is 1.99. The number of nitrogens with zero attached hydrogens (tertiary/aromatic N) is 1. The predicted molar refractivity (Wildman–Crippen MR) is 96.1 cm³/mol. The van der Waals surface area contributed by atoms with Gasteiger partial charge in [-0.25, -0.2) is 0 Å². The molecular formula is C20H22N2O3. The van der Waals surface area contributed by atoms with Crippen molar-refractivity contribution in [3.05, 3.63) is 65.7 Å². The number of benzene rings is 2. The van der Waals surface area contributed by atoms with Crippen LogP contribution >= 0.6 is 0 Å². The molecule has 1 heterocycles. The second-order valence-electron chi connectivity index (χ2n) is 6.53. The molecule has 3 rings (SSSR count). The molecule has 0 saturated heterocycles. The van der Waals surface area contributed by atoms with Gasteiger partial charge in [0.25, 0.3) is 0 Å². The van der Waals surface area contributed by atoms with E-state index in [9.17, 15) is 14.7 Å². The van der Waals surface area contributed by atoms with E-state index in [0.717, 1.165) is 16.8 Å². The first kappa shape index (κ1) is 17.2.